The molecule has 0 radical (unpaired) electrons. The number of carbonyl (C=O) groups is 2. The zero-order valence-corrected chi connectivity index (χ0v) is 38.9. The van der Waals surface area contributed by atoms with E-state index in [0.717, 1.165) is 51.4 Å². The van der Waals surface area contributed by atoms with E-state index in [1.807, 2.05) is 12.2 Å². The highest BCUT2D eigenvalue weighted by Gasteiger charge is 2.23. The highest BCUT2D eigenvalue weighted by molar-refractivity contribution is 5.78. The molecule has 0 saturated heterocycles. The minimum absolute atomic E-state index is 0.0233. The van der Waals surface area contributed by atoms with Crippen LogP contribution in [0.5, 0.6) is 0 Å². The van der Waals surface area contributed by atoms with Crippen LogP contribution in [0, 0.1) is 0 Å². The zero-order chi connectivity index (χ0) is 42.4. The fraction of sp³-hybridized carbons (Fsp3) is 0.885. The fourth-order valence-corrected chi connectivity index (χ4v) is 7.87. The molecular formula is C52H99NO5. The van der Waals surface area contributed by atoms with E-state index in [9.17, 15) is 19.8 Å². The van der Waals surface area contributed by atoms with Crippen LogP contribution in [0.25, 0.3) is 0 Å². The van der Waals surface area contributed by atoms with Crippen molar-refractivity contribution in [3.8, 4) is 0 Å². The lowest BCUT2D eigenvalue weighted by Crippen LogP contribution is -2.46. The van der Waals surface area contributed by atoms with Crippen LogP contribution >= 0.6 is 0 Å². The van der Waals surface area contributed by atoms with Gasteiger partial charge in [-0.15, -0.1) is 0 Å². The van der Waals surface area contributed by atoms with Crippen molar-refractivity contribution in [3.05, 3.63) is 24.3 Å². The summed E-state index contributed by atoms with van der Waals surface area (Å²) in [5.41, 5.74) is 0. The zero-order valence-electron chi connectivity index (χ0n) is 38.9. The number of allylic oxidation sites excluding steroid dienone is 3. The quantitative estimate of drug-likeness (QED) is 0.0323. The first-order chi connectivity index (χ1) is 28.5. The maximum Gasteiger partial charge on any atom is 0.306 e. The van der Waals surface area contributed by atoms with Gasteiger partial charge in [0.1, 0.15) is 6.10 Å². The summed E-state index contributed by atoms with van der Waals surface area (Å²) < 4.78 is 5.83. The molecule has 6 nitrogen and oxygen atoms in total. The Hall–Kier alpha value is -1.66. The normalized spacial score (nSPS) is 13.4. The van der Waals surface area contributed by atoms with Gasteiger partial charge in [-0.1, -0.05) is 244 Å². The molecule has 0 aromatic carbocycles. The van der Waals surface area contributed by atoms with Crippen LogP contribution in [0.1, 0.15) is 271 Å². The van der Waals surface area contributed by atoms with Gasteiger partial charge in [-0.2, -0.15) is 0 Å². The van der Waals surface area contributed by atoms with Gasteiger partial charge in [0.05, 0.1) is 25.2 Å². The molecule has 3 N–H and O–H groups in total. The van der Waals surface area contributed by atoms with Gasteiger partial charge in [-0.05, 0) is 38.2 Å². The third kappa shape index (κ3) is 41.1. The first-order valence-electron chi connectivity index (χ1n) is 25.6. The second-order valence-electron chi connectivity index (χ2n) is 17.6. The van der Waals surface area contributed by atoms with Crippen molar-refractivity contribution in [1.29, 1.82) is 0 Å². The molecule has 0 aliphatic heterocycles. The molecule has 0 rings (SSSR count). The summed E-state index contributed by atoms with van der Waals surface area (Å²) in [6.07, 6.45) is 52.7. The summed E-state index contributed by atoms with van der Waals surface area (Å²) in [4.78, 5) is 26.0. The lowest BCUT2D eigenvalue weighted by Gasteiger charge is -2.23. The van der Waals surface area contributed by atoms with E-state index in [1.54, 1.807) is 0 Å². The average Bonchev–Trinajstić information content (AvgIpc) is 3.22. The summed E-state index contributed by atoms with van der Waals surface area (Å²) in [5.74, 6) is -0.589. The third-order valence-electron chi connectivity index (χ3n) is 11.8. The lowest BCUT2D eigenvalue weighted by atomic mass is 10.0. The number of ether oxygens (including phenoxy) is 1. The van der Waals surface area contributed by atoms with Crippen molar-refractivity contribution in [3.63, 3.8) is 0 Å². The Morgan fingerprint density at radius 1 is 0.517 bits per heavy atom. The Balaban J connectivity index is 4.56. The molecule has 0 spiro atoms. The number of unbranched alkanes of at least 4 members (excludes halogenated alkanes) is 32. The Morgan fingerprint density at radius 3 is 1.34 bits per heavy atom. The van der Waals surface area contributed by atoms with Gasteiger partial charge in [-0.25, -0.2) is 0 Å². The average molecular weight is 818 g/mol. The van der Waals surface area contributed by atoms with Gasteiger partial charge < -0.3 is 20.3 Å². The number of esters is 1. The van der Waals surface area contributed by atoms with Gasteiger partial charge in [0.25, 0.3) is 0 Å². The molecule has 6 heteroatoms. The Morgan fingerprint density at radius 2 is 0.914 bits per heavy atom. The Kier molecular flexibility index (Phi) is 45.1. The number of hydrogen-bond donors (Lipinski definition) is 3. The summed E-state index contributed by atoms with van der Waals surface area (Å²) in [7, 11) is 0. The van der Waals surface area contributed by atoms with Gasteiger partial charge in [0.15, 0.2) is 0 Å². The van der Waals surface area contributed by atoms with E-state index in [0.29, 0.717) is 12.8 Å². The van der Waals surface area contributed by atoms with Crippen molar-refractivity contribution >= 4 is 11.9 Å². The van der Waals surface area contributed by atoms with E-state index in [4.69, 9.17) is 4.74 Å². The first-order valence-corrected chi connectivity index (χ1v) is 25.6. The SMILES string of the molecule is CCCCCCCC/C=C\C/C=C/C(CC(=O)NC(CO)C(O)CCCCCCCCCCCCCC)OC(=O)CCCCCCCCCCCCCCCCCC. The van der Waals surface area contributed by atoms with Crippen LogP contribution < -0.4 is 5.32 Å². The molecule has 0 aromatic heterocycles. The summed E-state index contributed by atoms with van der Waals surface area (Å²) in [6, 6.07) is -0.726. The molecule has 0 heterocycles. The molecule has 0 aromatic rings. The number of aliphatic hydroxyl groups is 2. The van der Waals surface area contributed by atoms with Gasteiger partial charge >= 0.3 is 5.97 Å². The van der Waals surface area contributed by atoms with Crippen molar-refractivity contribution in [1.82, 2.24) is 5.32 Å². The highest BCUT2D eigenvalue weighted by atomic mass is 16.5. The van der Waals surface area contributed by atoms with E-state index in [-0.39, 0.29) is 24.9 Å². The van der Waals surface area contributed by atoms with Gasteiger partial charge in [0.2, 0.25) is 5.91 Å². The molecule has 0 bridgehead atoms. The number of aliphatic hydroxyl groups excluding tert-OH is 2. The van der Waals surface area contributed by atoms with Crippen LogP contribution in [0.4, 0.5) is 0 Å². The van der Waals surface area contributed by atoms with Crippen LogP contribution in [0.15, 0.2) is 24.3 Å². The van der Waals surface area contributed by atoms with E-state index < -0.39 is 18.2 Å². The molecule has 0 aliphatic rings. The van der Waals surface area contributed by atoms with Crippen LogP contribution in [-0.2, 0) is 14.3 Å². The third-order valence-corrected chi connectivity index (χ3v) is 11.8. The number of amides is 1. The van der Waals surface area contributed by atoms with Crippen molar-refractivity contribution in [2.75, 3.05) is 6.61 Å². The second-order valence-corrected chi connectivity index (χ2v) is 17.6. The van der Waals surface area contributed by atoms with Crippen LogP contribution in [0.3, 0.4) is 0 Å². The maximum absolute atomic E-state index is 13.1. The van der Waals surface area contributed by atoms with Gasteiger partial charge in [0, 0.05) is 6.42 Å². The van der Waals surface area contributed by atoms with E-state index in [2.05, 4.69) is 38.2 Å². The molecule has 3 atom stereocenters. The maximum atomic E-state index is 13.1. The topological polar surface area (TPSA) is 95.9 Å². The minimum Gasteiger partial charge on any atom is -0.458 e. The molecule has 0 saturated carbocycles. The Bertz CT molecular complexity index is 919. The summed E-state index contributed by atoms with van der Waals surface area (Å²) in [6.45, 7) is 6.45. The number of nitrogens with one attached hydrogen (secondary N) is 1. The smallest absolute Gasteiger partial charge is 0.306 e. The van der Waals surface area contributed by atoms with Crippen molar-refractivity contribution in [2.24, 2.45) is 0 Å². The minimum atomic E-state index is -0.805. The van der Waals surface area contributed by atoms with E-state index in [1.165, 1.54) is 180 Å². The number of hydrogen-bond acceptors (Lipinski definition) is 5. The van der Waals surface area contributed by atoms with Crippen molar-refractivity contribution < 1.29 is 24.5 Å². The standard InChI is InChI=1S/C52H99NO5/c1-4-7-10-13-16-19-22-24-25-26-27-30-33-36-39-42-45-52(57)58-48(43-40-37-34-31-28-21-18-15-12-9-6-3)46-51(56)53-49(47-54)50(55)44-41-38-35-32-29-23-20-17-14-11-8-5-2/h31,34,40,43,48-50,54-55H,4-30,32-33,35-39,41-42,44-47H2,1-3H3,(H,53,56)/b34-31-,43-40+. The molecule has 342 valence electrons. The van der Waals surface area contributed by atoms with E-state index >= 15 is 0 Å². The molecule has 0 aliphatic carbocycles. The van der Waals surface area contributed by atoms with Crippen LogP contribution in [-0.4, -0.2) is 46.9 Å². The predicted molar refractivity (Wildman–Crippen MR) is 250 cm³/mol. The number of rotatable bonds is 46. The van der Waals surface area contributed by atoms with Crippen molar-refractivity contribution in [2.45, 2.75) is 289 Å². The fourth-order valence-electron chi connectivity index (χ4n) is 7.87. The molecular weight excluding hydrogens is 719 g/mol. The number of carbonyl (C=O) groups excluding carboxylic acids is 2. The summed E-state index contributed by atoms with van der Waals surface area (Å²) >= 11 is 0. The molecule has 58 heavy (non-hydrogen) atoms. The molecule has 3 unspecified atom stereocenters. The molecule has 1 amide bonds. The summed E-state index contributed by atoms with van der Waals surface area (Å²) in [5, 5.41) is 23.7. The monoisotopic (exact) mass is 818 g/mol. The highest BCUT2D eigenvalue weighted by Crippen LogP contribution is 2.17. The van der Waals surface area contributed by atoms with Gasteiger partial charge in [-0.3, -0.25) is 9.59 Å². The largest absolute Gasteiger partial charge is 0.458 e. The first kappa shape index (κ1) is 56.3. The Labute approximate surface area is 361 Å². The lowest BCUT2D eigenvalue weighted by molar-refractivity contribution is -0.148. The predicted octanol–water partition coefficient (Wildman–Crippen LogP) is 15.1. The molecule has 0 fully saturated rings. The van der Waals surface area contributed by atoms with Crippen LogP contribution in [0.2, 0.25) is 0 Å². The second kappa shape index (κ2) is 46.4.